The zero-order valence-electron chi connectivity index (χ0n) is 11.0. The summed E-state index contributed by atoms with van der Waals surface area (Å²) in [5.74, 6) is 0. The highest BCUT2D eigenvalue weighted by Gasteiger charge is 2.32. The molecule has 1 aliphatic heterocycles. The van der Waals surface area contributed by atoms with Crippen LogP contribution in [0.25, 0.3) is 5.70 Å². The summed E-state index contributed by atoms with van der Waals surface area (Å²) >= 11 is 0. The molecule has 2 rings (SSSR count). The van der Waals surface area contributed by atoms with Crippen molar-refractivity contribution in [2.24, 2.45) is 0 Å². The predicted molar refractivity (Wildman–Crippen MR) is 70.1 cm³/mol. The Morgan fingerprint density at radius 3 is 2.22 bits per heavy atom. The zero-order valence-corrected chi connectivity index (χ0v) is 14.2. The van der Waals surface area contributed by atoms with Crippen molar-refractivity contribution in [3.05, 3.63) is 22.7 Å². The lowest BCUT2D eigenvalue weighted by Gasteiger charge is -2.22. The van der Waals surface area contributed by atoms with Crippen molar-refractivity contribution in [1.29, 1.82) is 0 Å². The van der Waals surface area contributed by atoms with E-state index in [0.717, 1.165) is 5.69 Å². The Morgan fingerprint density at radius 2 is 1.72 bits per heavy atom. The largest absolute Gasteiger partial charge is 1.00 e. The zero-order chi connectivity index (χ0) is 11.9. The summed E-state index contributed by atoms with van der Waals surface area (Å²) in [7, 11) is 12.3. The van der Waals surface area contributed by atoms with Gasteiger partial charge in [0, 0.05) is 21.8 Å². The normalized spacial score (nSPS) is 14.4. The van der Waals surface area contributed by atoms with E-state index in [4.69, 9.17) is 0 Å². The lowest BCUT2D eigenvalue weighted by atomic mass is 10.2. The molecule has 0 amide bonds. The smallest absolute Gasteiger partial charge is 0.241 e. The van der Waals surface area contributed by atoms with E-state index in [1.165, 1.54) is 26.2 Å². The third-order valence-corrected chi connectivity index (χ3v) is 5.03. The van der Waals surface area contributed by atoms with Crippen LogP contribution in [0, 0.1) is 6.92 Å². The van der Waals surface area contributed by atoms with E-state index in [9.17, 15) is 0 Å². The quantitative estimate of drug-likeness (QED) is 0.528. The van der Waals surface area contributed by atoms with E-state index in [2.05, 4.69) is 44.1 Å². The summed E-state index contributed by atoms with van der Waals surface area (Å²) in [5.41, 5.74) is 3.74. The number of aromatic nitrogens is 2. The molecule has 0 saturated carbocycles. The molecule has 4 nitrogen and oxygen atoms in total. The summed E-state index contributed by atoms with van der Waals surface area (Å²) in [4.78, 5) is 7.13. The maximum atomic E-state index is 4.40. The number of aryl methyl sites for hydroxylation is 1. The van der Waals surface area contributed by atoms with Crippen LogP contribution in [0.4, 0.5) is 0 Å². The van der Waals surface area contributed by atoms with Gasteiger partial charge >= 0.3 is 0 Å². The topological polar surface area (TPSA) is 26.7 Å². The number of hydrogen-bond donors (Lipinski definition) is 2. The van der Waals surface area contributed by atoms with Gasteiger partial charge in [-0.05, 0) is 6.92 Å². The summed E-state index contributed by atoms with van der Waals surface area (Å²) in [6.07, 6.45) is 1.91. The van der Waals surface area contributed by atoms with Crippen molar-refractivity contribution in [2.45, 2.75) is 6.92 Å². The van der Waals surface area contributed by atoms with E-state index in [0.29, 0.717) is 0 Å². The van der Waals surface area contributed by atoms with Crippen LogP contribution in [0.3, 0.4) is 0 Å². The Labute approximate surface area is 129 Å². The summed E-state index contributed by atoms with van der Waals surface area (Å²) in [6.45, 7) is 2.08. The molecule has 2 heterocycles. The molecule has 18 heavy (non-hydrogen) atoms. The first kappa shape index (κ1) is 18.1. The van der Waals surface area contributed by atoms with E-state index in [-0.39, 0.29) is 24.8 Å². The van der Waals surface area contributed by atoms with Crippen LogP contribution in [0.15, 0.2) is 11.4 Å². The molecule has 1 aromatic rings. The molecule has 8 heteroatoms. The molecule has 0 aromatic carbocycles. The van der Waals surface area contributed by atoms with Gasteiger partial charge in [-0.25, -0.2) is 4.98 Å². The van der Waals surface area contributed by atoms with E-state index >= 15 is 0 Å². The van der Waals surface area contributed by atoms with Gasteiger partial charge in [-0.2, -0.15) is 0 Å². The lowest BCUT2D eigenvalue weighted by Crippen LogP contribution is -3.09. The predicted octanol–water partition coefficient (Wildman–Crippen LogP) is -6.73. The van der Waals surface area contributed by atoms with Crippen molar-refractivity contribution in [3.8, 4) is 0 Å². The third kappa shape index (κ3) is 3.18. The van der Waals surface area contributed by atoms with Crippen molar-refractivity contribution >= 4 is 27.5 Å². The standard InChI is InChI=1S/C10H16N4S2.2ClH/c1-7-8-9(12(2)3)10(13(4)5)15-16-14(8)6-11-7;;/h6H,1-5H3;2*1H. The van der Waals surface area contributed by atoms with E-state index < -0.39 is 0 Å². The monoisotopic (exact) mass is 328 g/mol. The molecule has 104 valence electrons. The van der Waals surface area contributed by atoms with Crippen LogP contribution in [0.1, 0.15) is 11.4 Å². The molecule has 0 unspecified atom stereocenters. The molecule has 0 atom stereocenters. The number of fused-ring (bicyclic) bond motifs is 1. The fourth-order valence-electron chi connectivity index (χ4n) is 1.79. The van der Waals surface area contributed by atoms with Gasteiger partial charge in [0.1, 0.15) is 12.0 Å². The molecule has 1 aromatic heterocycles. The minimum absolute atomic E-state index is 0. The van der Waals surface area contributed by atoms with Crippen LogP contribution < -0.4 is 34.6 Å². The molecule has 1 aliphatic rings. The highest BCUT2D eigenvalue weighted by Crippen LogP contribution is 2.38. The van der Waals surface area contributed by atoms with Crippen LogP contribution in [-0.4, -0.2) is 37.1 Å². The molecule has 0 fully saturated rings. The number of nitrogens with zero attached hydrogens (tertiary/aromatic N) is 2. The highest BCUT2D eigenvalue weighted by atomic mass is 35.5. The molecule has 0 saturated heterocycles. The van der Waals surface area contributed by atoms with Crippen LogP contribution in [-0.2, 0) is 0 Å². The Balaban J connectivity index is 0.00000144. The van der Waals surface area contributed by atoms with Gasteiger partial charge in [0.2, 0.25) is 10.7 Å². The van der Waals surface area contributed by atoms with Gasteiger partial charge in [-0.1, -0.05) is 0 Å². The van der Waals surface area contributed by atoms with Gasteiger partial charge in [0.05, 0.1) is 33.9 Å². The fraction of sp³-hybridized carbons (Fsp3) is 0.500. The van der Waals surface area contributed by atoms with Gasteiger partial charge in [-0.15, -0.1) is 0 Å². The van der Waals surface area contributed by atoms with Crippen molar-refractivity contribution in [1.82, 2.24) is 8.96 Å². The Hall–Kier alpha value is 0.150. The van der Waals surface area contributed by atoms with Crippen molar-refractivity contribution in [3.63, 3.8) is 0 Å². The molecular formula is C10H18Cl2N4S2. The summed E-state index contributed by atoms with van der Waals surface area (Å²) in [6, 6.07) is 0. The second-order valence-electron chi connectivity index (χ2n) is 4.37. The number of imidazole rings is 1. The Bertz CT molecular complexity index is 443. The van der Waals surface area contributed by atoms with Crippen LogP contribution >= 0.6 is 21.8 Å². The molecular weight excluding hydrogens is 311 g/mol. The first-order chi connectivity index (χ1) is 7.52. The SMILES string of the molecule is Cc1ncn2c1C([NH+](C)C)=C([NH+](C)C)SS2.[Cl-].[Cl-]. The Morgan fingerprint density at radius 1 is 1.11 bits per heavy atom. The van der Waals surface area contributed by atoms with Crippen molar-refractivity contribution < 1.29 is 34.6 Å². The van der Waals surface area contributed by atoms with Gasteiger partial charge in [0.15, 0.2) is 0 Å². The number of nitrogens with one attached hydrogen (secondary N) is 2. The number of halogens is 2. The maximum Gasteiger partial charge on any atom is 0.241 e. The Kier molecular flexibility index (Phi) is 7.13. The minimum atomic E-state index is 0. The lowest BCUT2D eigenvalue weighted by molar-refractivity contribution is -0.824. The summed E-state index contributed by atoms with van der Waals surface area (Å²) < 4.78 is 2.16. The molecule has 0 bridgehead atoms. The molecule has 0 radical (unpaired) electrons. The number of rotatable bonds is 2. The second-order valence-corrected chi connectivity index (χ2v) is 6.43. The summed E-state index contributed by atoms with van der Waals surface area (Å²) in [5, 5.41) is 1.39. The van der Waals surface area contributed by atoms with Gasteiger partial charge < -0.3 is 24.8 Å². The number of quaternary nitrogens is 2. The first-order valence-electron chi connectivity index (χ1n) is 5.27. The van der Waals surface area contributed by atoms with Crippen LogP contribution in [0.5, 0.6) is 0 Å². The van der Waals surface area contributed by atoms with Gasteiger partial charge in [0.25, 0.3) is 0 Å². The molecule has 0 spiro atoms. The fourth-order valence-corrected chi connectivity index (χ4v) is 4.43. The van der Waals surface area contributed by atoms with Crippen molar-refractivity contribution in [2.75, 3.05) is 28.2 Å². The van der Waals surface area contributed by atoms with Gasteiger partial charge in [-0.3, -0.25) is 13.8 Å². The first-order valence-corrected chi connectivity index (χ1v) is 7.37. The van der Waals surface area contributed by atoms with Crippen LogP contribution in [0.2, 0.25) is 0 Å². The van der Waals surface area contributed by atoms with E-state index in [1.54, 1.807) is 11.0 Å². The average molecular weight is 329 g/mol. The minimum Gasteiger partial charge on any atom is -1.00 e. The molecule has 2 N–H and O–H groups in total. The second kappa shape index (κ2) is 7.07. The average Bonchev–Trinajstić information content (AvgIpc) is 2.59. The molecule has 0 aliphatic carbocycles. The highest BCUT2D eigenvalue weighted by molar-refractivity contribution is 8.77. The van der Waals surface area contributed by atoms with E-state index in [1.807, 2.05) is 17.1 Å². The number of hydrogen-bond acceptors (Lipinski definition) is 3. The maximum absolute atomic E-state index is 4.40. The third-order valence-electron chi connectivity index (χ3n) is 2.54.